The number of carboxylic acid groups (broad SMARTS) is 1. The Balaban J connectivity index is 2.26. The van der Waals surface area contributed by atoms with Crippen LogP contribution < -0.4 is 4.74 Å². The van der Waals surface area contributed by atoms with Gasteiger partial charge < -0.3 is 9.84 Å². The van der Waals surface area contributed by atoms with Crippen LogP contribution >= 0.6 is 11.8 Å². The van der Waals surface area contributed by atoms with Crippen molar-refractivity contribution >= 4 is 17.7 Å². The first kappa shape index (κ1) is 14.9. The quantitative estimate of drug-likeness (QED) is 0.772. The summed E-state index contributed by atoms with van der Waals surface area (Å²) in [5.41, 5.74) is 2.31. The van der Waals surface area contributed by atoms with Gasteiger partial charge in [0.1, 0.15) is 5.75 Å². The molecule has 1 rings (SSSR count). The monoisotopic (exact) mass is 268 g/mol. The second-order valence-electron chi connectivity index (χ2n) is 4.43. The Morgan fingerprint density at radius 2 is 2.17 bits per heavy atom. The van der Waals surface area contributed by atoms with E-state index >= 15 is 0 Å². The maximum atomic E-state index is 10.6. The van der Waals surface area contributed by atoms with Crippen molar-refractivity contribution in [3.8, 4) is 5.75 Å². The van der Waals surface area contributed by atoms with E-state index in [1.165, 1.54) is 5.56 Å². The van der Waals surface area contributed by atoms with Gasteiger partial charge in [0.15, 0.2) is 0 Å². The number of benzene rings is 1. The molecule has 1 aromatic carbocycles. The van der Waals surface area contributed by atoms with Gasteiger partial charge in [-0.25, -0.2) is 0 Å². The van der Waals surface area contributed by atoms with Crippen molar-refractivity contribution < 1.29 is 14.6 Å². The van der Waals surface area contributed by atoms with Crippen molar-refractivity contribution in [1.29, 1.82) is 0 Å². The van der Waals surface area contributed by atoms with Crippen molar-refractivity contribution in [2.24, 2.45) is 5.92 Å². The minimum Gasteiger partial charge on any atom is -0.492 e. The third kappa shape index (κ3) is 5.00. The third-order valence-electron chi connectivity index (χ3n) is 2.62. The number of carboxylic acids is 1. The van der Waals surface area contributed by atoms with Crippen LogP contribution in [-0.4, -0.2) is 29.2 Å². The SMILES string of the molecule is Cc1ccc(C)c(OCCSCC(C)C(=O)O)c1. The summed E-state index contributed by atoms with van der Waals surface area (Å²) in [5.74, 6) is 1.33. The molecule has 1 unspecified atom stereocenters. The number of hydrogen-bond donors (Lipinski definition) is 1. The van der Waals surface area contributed by atoms with Gasteiger partial charge >= 0.3 is 5.97 Å². The first-order chi connectivity index (χ1) is 8.50. The fourth-order valence-electron chi connectivity index (χ4n) is 1.40. The molecule has 0 aromatic heterocycles. The summed E-state index contributed by atoms with van der Waals surface area (Å²) in [6, 6.07) is 6.13. The van der Waals surface area contributed by atoms with Gasteiger partial charge in [-0.3, -0.25) is 4.79 Å². The van der Waals surface area contributed by atoms with E-state index in [0.717, 1.165) is 17.1 Å². The van der Waals surface area contributed by atoms with Gasteiger partial charge in [0.05, 0.1) is 12.5 Å². The number of aryl methyl sites for hydroxylation is 2. The van der Waals surface area contributed by atoms with Crippen molar-refractivity contribution in [3.63, 3.8) is 0 Å². The lowest BCUT2D eigenvalue weighted by Gasteiger charge is -2.10. The average Bonchev–Trinajstić information content (AvgIpc) is 2.32. The molecule has 0 radical (unpaired) electrons. The van der Waals surface area contributed by atoms with E-state index in [9.17, 15) is 4.79 Å². The molecule has 0 aliphatic carbocycles. The van der Waals surface area contributed by atoms with Crippen molar-refractivity contribution in [2.75, 3.05) is 18.1 Å². The fourth-order valence-corrected chi connectivity index (χ4v) is 2.27. The minimum atomic E-state index is -0.738. The molecule has 1 aromatic rings. The van der Waals surface area contributed by atoms with Crippen molar-refractivity contribution in [1.82, 2.24) is 0 Å². The molecular weight excluding hydrogens is 248 g/mol. The molecule has 3 nitrogen and oxygen atoms in total. The molecule has 0 amide bonds. The highest BCUT2D eigenvalue weighted by Crippen LogP contribution is 2.19. The fraction of sp³-hybridized carbons (Fsp3) is 0.500. The highest BCUT2D eigenvalue weighted by Gasteiger charge is 2.10. The Morgan fingerprint density at radius 1 is 1.44 bits per heavy atom. The van der Waals surface area contributed by atoms with E-state index < -0.39 is 5.97 Å². The van der Waals surface area contributed by atoms with Gasteiger partial charge in [0.2, 0.25) is 0 Å². The summed E-state index contributed by atoms with van der Waals surface area (Å²) >= 11 is 1.61. The molecule has 100 valence electrons. The highest BCUT2D eigenvalue weighted by atomic mass is 32.2. The van der Waals surface area contributed by atoms with E-state index in [0.29, 0.717) is 12.4 Å². The van der Waals surface area contributed by atoms with Crippen LogP contribution in [0.3, 0.4) is 0 Å². The molecule has 0 heterocycles. The maximum absolute atomic E-state index is 10.6. The lowest BCUT2D eigenvalue weighted by Crippen LogP contribution is -2.13. The van der Waals surface area contributed by atoms with Crippen LogP contribution in [0.15, 0.2) is 18.2 Å². The second kappa shape index (κ2) is 7.31. The minimum absolute atomic E-state index is 0.296. The molecule has 0 saturated carbocycles. The maximum Gasteiger partial charge on any atom is 0.307 e. The van der Waals surface area contributed by atoms with Crippen LogP contribution in [0.25, 0.3) is 0 Å². The topological polar surface area (TPSA) is 46.5 Å². The van der Waals surface area contributed by atoms with Gasteiger partial charge in [-0.15, -0.1) is 0 Å². The number of rotatable bonds is 7. The number of ether oxygens (including phenoxy) is 1. The lowest BCUT2D eigenvalue weighted by atomic mass is 10.1. The Bertz CT molecular complexity index is 404. The number of thioether (sulfide) groups is 1. The summed E-state index contributed by atoms with van der Waals surface area (Å²) in [5, 5.41) is 8.74. The molecular formula is C14H20O3S. The van der Waals surface area contributed by atoms with E-state index in [1.807, 2.05) is 26.0 Å². The van der Waals surface area contributed by atoms with Crippen LogP contribution in [0.2, 0.25) is 0 Å². The Morgan fingerprint density at radius 3 is 2.83 bits per heavy atom. The van der Waals surface area contributed by atoms with E-state index in [4.69, 9.17) is 9.84 Å². The van der Waals surface area contributed by atoms with Crippen LogP contribution in [0, 0.1) is 19.8 Å². The molecule has 4 heteroatoms. The summed E-state index contributed by atoms with van der Waals surface area (Å²) in [7, 11) is 0. The smallest absolute Gasteiger partial charge is 0.307 e. The normalized spacial score (nSPS) is 12.2. The van der Waals surface area contributed by atoms with Gasteiger partial charge in [-0.2, -0.15) is 11.8 Å². The predicted molar refractivity (Wildman–Crippen MR) is 75.5 cm³/mol. The Hall–Kier alpha value is -1.16. The lowest BCUT2D eigenvalue weighted by molar-refractivity contribution is -0.140. The number of aliphatic carboxylic acids is 1. The molecule has 0 fully saturated rings. The van der Waals surface area contributed by atoms with Gasteiger partial charge in [-0.05, 0) is 31.0 Å². The highest BCUT2D eigenvalue weighted by molar-refractivity contribution is 7.99. The van der Waals surface area contributed by atoms with Gasteiger partial charge in [0.25, 0.3) is 0 Å². The molecule has 0 spiro atoms. The summed E-state index contributed by atoms with van der Waals surface area (Å²) < 4.78 is 5.69. The zero-order chi connectivity index (χ0) is 13.5. The van der Waals surface area contributed by atoms with Crippen molar-refractivity contribution in [2.45, 2.75) is 20.8 Å². The second-order valence-corrected chi connectivity index (χ2v) is 5.58. The van der Waals surface area contributed by atoms with Gasteiger partial charge in [-0.1, -0.05) is 19.1 Å². The molecule has 18 heavy (non-hydrogen) atoms. The van der Waals surface area contributed by atoms with Crippen LogP contribution in [0.5, 0.6) is 5.75 Å². The van der Waals surface area contributed by atoms with Crippen LogP contribution in [0.4, 0.5) is 0 Å². The van der Waals surface area contributed by atoms with E-state index in [-0.39, 0.29) is 5.92 Å². The third-order valence-corrected chi connectivity index (χ3v) is 3.81. The number of hydrogen-bond acceptors (Lipinski definition) is 3. The number of carbonyl (C=O) groups is 1. The van der Waals surface area contributed by atoms with E-state index in [1.54, 1.807) is 18.7 Å². The van der Waals surface area contributed by atoms with Crippen molar-refractivity contribution in [3.05, 3.63) is 29.3 Å². The van der Waals surface area contributed by atoms with Crippen LogP contribution in [0.1, 0.15) is 18.1 Å². The Labute approximate surface area is 113 Å². The summed E-state index contributed by atoms with van der Waals surface area (Å²) in [4.78, 5) is 10.6. The Kier molecular flexibility index (Phi) is 6.05. The summed E-state index contributed by atoms with van der Waals surface area (Å²) in [6.07, 6.45) is 0. The molecule has 1 atom stereocenters. The molecule has 0 saturated heterocycles. The molecule has 0 aliphatic heterocycles. The van der Waals surface area contributed by atoms with E-state index in [2.05, 4.69) is 6.07 Å². The molecule has 1 N–H and O–H groups in total. The standard InChI is InChI=1S/C14H20O3S/c1-10-4-5-11(2)13(8-10)17-6-7-18-9-12(3)14(15)16/h4-5,8,12H,6-7,9H2,1-3H3,(H,15,16). The molecule has 0 aliphatic rings. The van der Waals surface area contributed by atoms with Crippen LogP contribution in [-0.2, 0) is 4.79 Å². The van der Waals surface area contributed by atoms with Gasteiger partial charge in [0, 0.05) is 11.5 Å². The zero-order valence-corrected chi connectivity index (χ0v) is 11.9. The predicted octanol–water partition coefficient (Wildman–Crippen LogP) is 3.14. The first-order valence-electron chi connectivity index (χ1n) is 6.01. The zero-order valence-electron chi connectivity index (χ0n) is 11.1. The molecule has 0 bridgehead atoms. The first-order valence-corrected chi connectivity index (χ1v) is 7.16. The summed E-state index contributed by atoms with van der Waals surface area (Å²) in [6.45, 7) is 6.40. The average molecular weight is 268 g/mol. The largest absolute Gasteiger partial charge is 0.492 e.